The van der Waals surface area contributed by atoms with Gasteiger partial charge in [-0.25, -0.2) is 0 Å². The van der Waals surface area contributed by atoms with Crippen molar-refractivity contribution in [1.82, 2.24) is 9.78 Å². The number of aryl methyl sites for hydroxylation is 2. The van der Waals surface area contributed by atoms with Crippen LogP contribution in [0.3, 0.4) is 0 Å². The molecule has 0 aliphatic carbocycles. The molecule has 0 saturated heterocycles. The fourth-order valence-corrected chi connectivity index (χ4v) is 2.67. The maximum atomic E-state index is 12.7. The summed E-state index contributed by atoms with van der Waals surface area (Å²) in [6.45, 7) is 2.73. The lowest BCUT2D eigenvalue weighted by Crippen LogP contribution is -2.30. The van der Waals surface area contributed by atoms with Crippen LogP contribution in [-0.2, 0) is 19.9 Å². The number of carbonyl (C=O) groups is 1. The average Bonchev–Trinajstić information content (AvgIpc) is 3.01. The molecule has 0 unspecified atom stereocenters. The van der Waals surface area contributed by atoms with Gasteiger partial charge < -0.3 is 10.6 Å². The van der Waals surface area contributed by atoms with Gasteiger partial charge in [0.15, 0.2) is 0 Å². The van der Waals surface area contributed by atoms with Crippen molar-refractivity contribution in [3.8, 4) is 0 Å². The van der Waals surface area contributed by atoms with E-state index < -0.39 is 0 Å². The van der Waals surface area contributed by atoms with Crippen LogP contribution in [0.15, 0.2) is 24.3 Å². The van der Waals surface area contributed by atoms with Gasteiger partial charge in [-0.2, -0.15) is 5.10 Å². The highest BCUT2D eigenvalue weighted by Crippen LogP contribution is 2.30. The van der Waals surface area contributed by atoms with Gasteiger partial charge in [0.25, 0.3) is 5.91 Å². The maximum absolute atomic E-state index is 12.7. The highest BCUT2D eigenvalue weighted by molar-refractivity contribution is 6.06. The average molecular weight is 270 g/mol. The van der Waals surface area contributed by atoms with Gasteiger partial charge in [-0.1, -0.05) is 6.92 Å². The van der Waals surface area contributed by atoms with E-state index in [1.165, 1.54) is 0 Å². The Morgan fingerprint density at radius 1 is 1.40 bits per heavy atom. The molecule has 1 amide bonds. The molecule has 20 heavy (non-hydrogen) atoms. The number of fused-ring (bicyclic) bond motifs is 1. The standard InChI is InChI=1S/C15H18N4O/c1-3-12-9-14(18(2)17-12)15(20)19-7-6-10-8-11(16)4-5-13(10)19/h4-5,8-9H,3,6-7,16H2,1-2H3. The molecule has 0 spiro atoms. The Morgan fingerprint density at radius 3 is 2.90 bits per heavy atom. The summed E-state index contributed by atoms with van der Waals surface area (Å²) in [7, 11) is 1.81. The first kappa shape index (κ1) is 12.7. The molecule has 0 bridgehead atoms. The van der Waals surface area contributed by atoms with Gasteiger partial charge in [0, 0.05) is 25.0 Å². The zero-order valence-corrected chi connectivity index (χ0v) is 11.8. The Morgan fingerprint density at radius 2 is 2.20 bits per heavy atom. The molecule has 104 valence electrons. The normalized spacial score (nSPS) is 13.6. The molecule has 2 aromatic rings. The molecule has 2 heterocycles. The molecule has 1 aromatic heterocycles. The highest BCUT2D eigenvalue weighted by Gasteiger charge is 2.27. The van der Waals surface area contributed by atoms with Crippen molar-refractivity contribution >= 4 is 17.3 Å². The van der Waals surface area contributed by atoms with E-state index in [0.29, 0.717) is 12.2 Å². The summed E-state index contributed by atoms with van der Waals surface area (Å²) in [5.41, 5.74) is 10.2. The molecule has 1 aliphatic rings. The molecule has 0 fully saturated rings. The minimum Gasteiger partial charge on any atom is -0.399 e. The van der Waals surface area contributed by atoms with E-state index in [1.807, 2.05) is 43.1 Å². The van der Waals surface area contributed by atoms with Crippen LogP contribution in [-0.4, -0.2) is 22.2 Å². The van der Waals surface area contributed by atoms with Gasteiger partial charge in [-0.3, -0.25) is 9.48 Å². The van der Waals surface area contributed by atoms with Crippen molar-refractivity contribution in [1.29, 1.82) is 0 Å². The predicted molar refractivity (Wildman–Crippen MR) is 78.8 cm³/mol. The first-order valence-corrected chi connectivity index (χ1v) is 6.83. The maximum Gasteiger partial charge on any atom is 0.276 e. The number of nitrogens with zero attached hydrogens (tertiary/aromatic N) is 3. The van der Waals surface area contributed by atoms with E-state index in [1.54, 1.807) is 4.68 Å². The van der Waals surface area contributed by atoms with Crippen LogP contribution in [0.1, 0.15) is 28.7 Å². The summed E-state index contributed by atoms with van der Waals surface area (Å²) >= 11 is 0. The number of anilines is 2. The highest BCUT2D eigenvalue weighted by atomic mass is 16.2. The van der Waals surface area contributed by atoms with Gasteiger partial charge in [0.2, 0.25) is 0 Å². The van der Waals surface area contributed by atoms with E-state index in [-0.39, 0.29) is 5.91 Å². The second kappa shape index (κ2) is 4.67. The summed E-state index contributed by atoms with van der Waals surface area (Å²) < 4.78 is 1.66. The first-order chi connectivity index (χ1) is 9.60. The van der Waals surface area contributed by atoms with Crippen LogP contribution in [0.2, 0.25) is 0 Å². The molecular weight excluding hydrogens is 252 g/mol. The van der Waals surface area contributed by atoms with Crippen LogP contribution >= 0.6 is 0 Å². The van der Waals surface area contributed by atoms with Crippen LogP contribution < -0.4 is 10.6 Å². The lowest BCUT2D eigenvalue weighted by atomic mass is 10.1. The van der Waals surface area contributed by atoms with Gasteiger partial charge in [-0.05, 0) is 42.7 Å². The molecule has 0 saturated carbocycles. The minimum absolute atomic E-state index is 0.00298. The SMILES string of the molecule is CCc1cc(C(=O)N2CCc3cc(N)ccc32)n(C)n1. The largest absolute Gasteiger partial charge is 0.399 e. The summed E-state index contributed by atoms with van der Waals surface area (Å²) in [6, 6.07) is 7.58. The number of hydrogen-bond acceptors (Lipinski definition) is 3. The molecule has 1 aliphatic heterocycles. The number of hydrogen-bond donors (Lipinski definition) is 1. The van der Waals surface area contributed by atoms with Crippen molar-refractivity contribution in [3.63, 3.8) is 0 Å². The number of carbonyl (C=O) groups excluding carboxylic acids is 1. The third-order valence-electron chi connectivity index (χ3n) is 3.76. The van der Waals surface area contributed by atoms with Gasteiger partial charge >= 0.3 is 0 Å². The van der Waals surface area contributed by atoms with Crippen molar-refractivity contribution < 1.29 is 4.79 Å². The molecular formula is C15H18N4O. The topological polar surface area (TPSA) is 64.2 Å². The predicted octanol–water partition coefficient (Wildman–Crippen LogP) is 1.77. The summed E-state index contributed by atoms with van der Waals surface area (Å²) in [4.78, 5) is 14.5. The Labute approximate surface area is 118 Å². The van der Waals surface area contributed by atoms with E-state index in [9.17, 15) is 4.79 Å². The first-order valence-electron chi connectivity index (χ1n) is 6.83. The monoisotopic (exact) mass is 270 g/mol. The van der Waals surface area contributed by atoms with Crippen molar-refractivity contribution in [2.24, 2.45) is 7.05 Å². The summed E-state index contributed by atoms with van der Waals surface area (Å²) in [5.74, 6) is 0.00298. The van der Waals surface area contributed by atoms with E-state index in [4.69, 9.17) is 5.73 Å². The lowest BCUT2D eigenvalue weighted by molar-refractivity contribution is 0.0980. The van der Waals surface area contributed by atoms with Crippen molar-refractivity contribution in [2.75, 3.05) is 17.2 Å². The van der Waals surface area contributed by atoms with E-state index in [2.05, 4.69) is 5.10 Å². The molecule has 5 heteroatoms. The van der Waals surface area contributed by atoms with E-state index >= 15 is 0 Å². The minimum atomic E-state index is 0.00298. The third-order valence-corrected chi connectivity index (χ3v) is 3.76. The molecule has 1 aromatic carbocycles. The Hall–Kier alpha value is -2.30. The number of aromatic nitrogens is 2. The third kappa shape index (κ3) is 1.95. The van der Waals surface area contributed by atoms with Crippen molar-refractivity contribution in [3.05, 3.63) is 41.2 Å². The second-order valence-electron chi connectivity index (χ2n) is 5.09. The quantitative estimate of drug-likeness (QED) is 0.846. The number of rotatable bonds is 2. The molecule has 0 radical (unpaired) electrons. The summed E-state index contributed by atoms with van der Waals surface area (Å²) in [5, 5.41) is 4.34. The number of nitrogen functional groups attached to an aromatic ring is 1. The van der Waals surface area contributed by atoms with Crippen LogP contribution in [0.4, 0.5) is 11.4 Å². The molecule has 2 N–H and O–H groups in total. The Balaban J connectivity index is 1.95. The van der Waals surface area contributed by atoms with E-state index in [0.717, 1.165) is 35.5 Å². The fraction of sp³-hybridized carbons (Fsp3) is 0.333. The van der Waals surface area contributed by atoms with Crippen LogP contribution in [0, 0.1) is 0 Å². The number of amides is 1. The van der Waals surface area contributed by atoms with Crippen molar-refractivity contribution in [2.45, 2.75) is 19.8 Å². The number of nitrogens with two attached hydrogens (primary N) is 1. The zero-order chi connectivity index (χ0) is 14.3. The van der Waals surface area contributed by atoms with Gasteiger partial charge in [0.1, 0.15) is 5.69 Å². The Bertz CT molecular complexity index is 675. The molecule has 3 rings (SSSR count). The second-order valence-corrected chi connectivity index (χ2v) is 5.09. The number of benzene rings is 1. The van der Waals surface area contributed by atoms with Crippen LogP contribution in [0.5, 0.6) is 0 Å². The summed E-state index contributed by atoms with van der Waals surface area (Å²) in [6.07, 6.45) is 1.68. The molecule has 0 atom stereocenters. The zero-order valence-electron chi connectivity index (χ0n) is 11.8. The van der Waals surface area contributed by atoms with Crippen LogP contribution in [0.25, 0.3) is 0 Å². The smallest absolute Gasteiger partial charge is 0.276 e. The van der Waals surface area contributed by atoms with Gasteiger partial charge in [0.05, 0.1) is 5.69 Å². The fourth-order valence-electron chi connectivity index (χ4n) is 2.67. The Kier molecular flexibility index (Phi) is 2.97. The van der Waals surface area contributed by atoms with Gasteiger partial charge in [-0.15, -0.1) is 0 Å². The lowest BCUT2D eigenvalue weighted by Gasteiger charge is -2.17. The molecule has 5 nitrogen and oxygen atoms in total.